The van der Waals surface area contributed by atoms with Gasteiger partial charge in [0.05, 0.1) is 5.69 Å². The summed E-state index contributed by atoms with van der Waals surface area (Å²) in [6.07, 6.45) is 4.71. The molecule has 130 valence electrons. The SMILES string of the molecule is O=C1C[C@H]2CC[C@@H](CN1)N2Cc1ccc(OCc2ccccn2)cc1. The van der Waals surface area contributed by atoms with Crippen LogP contribution in [0.25, 0.3) is 0 Å². The third-order valence-corrected chi connectivity index (χ3v) is 5.13. The van der Waals surface area contributed by atoms with Crippen LogP contribution in [0, 0.1) is 0 Å². The Kier molecular flexibility index (Phi) is 4.65. The lowest BCUT2D eigenvalue weighted by atomic mass is 10.1. The fraction of sp³-hybridized carbons (Fsp3) is 0.400. The molecule has 1 N–H and O–H groups in total. The first-order valence-electron chi connectivity index (χ1n) is 8.92. The first-order chi connectivity index (χ1) is 12.3. The molecule has 25 heavy (non-hydrogen) atoms. The molecule has 0 radical (unpaired) electrons. The van der Waals surface area contributed by atoms with Gasteiger partial charge in [-0.2, -0.15) is 0 Å². The summed E-state index contributed by atoms with van der Waals surface area (Å²) in [4.78, 5) is 18.5. The minimum Gasteiger partial charge on any atom is -0.487 e. The van der Waals surface area contributed by atoms with Crippen molar-refractivity contribution in [3.8, 4) is 5.75 Å². The summed E-state index contributed by atoms with van der Waals surface area (Å²) in [5.41, 5.74) is 2.18. The Morgan fingerprint density at radius 2 is 1.96 bits per heavy atom. The van der Waals surface area contributed by atoms with E-state index in [1.807, 2.05) is 30.3 Å². The van der Waals surface area contributed by atoms with E-state index in [2.05, 4.69) is 27.3 Å². The van der Waals surface area contributed by atoms with Crippen LogP contribution in [-0.4, -0.2) is 34.4 Å². The van der Waals surface area contributed by atoms with Crippen LogP contribution >= 0.6 is 0 Å². The van der Waals surface area contributed by atoms with Gasteiger partial charge in [-0.25, -0.2) is 0 Å². The van der Waals surface area contributed by atoms with Crippen LogP contribution < -0.4 is 10.1 Å². The average Bonchev–Trinajstić information content (AvgIpc) is 2.93. The zero-order valence-corrected chi connectivity index (χ0v) is 14.2. The van der Waals surface area contributed by atoms with Crippen LogP contribution in [0.5, 0.6) is 5.75 Å². The molecule has 2 aliphatic rings. The van der Waals surface area contributed by atoms with Gasteiger partial charge in [0.25, 0.3) is 0 Å². The van der Waals surface area contributed by atoms with Crippen molar-refractivity contribution in [2.45, 2.75) is 44.5 Å². The Hall–Kier alpha value is -2.40. The molecule has 0 spiro atoms. The molecule has 2 atom stereocenters. The minimum absolute atomic E-state index is 0.190. The molecule has 5 heteroatoms. The molecule has 2 fully saturated rings. The molecule has 0 saturated carbocycles. The Morgan fingerprint density at radius 1 is 1.12 bits per heavy atom. The van der Waals surface area contributed by atoms with Crippen molar-refractivity contribution in [3.63, 3.8) is 0 Å². The molecule has 1 aromatic carbocycles. The number of ether oxygens (including phenoxy) is 1. The van der Waals surface area contributed by atoms with E-state index in [9.17, 15) is 4.79 Å². The maximum absolute atomic E-state index is 11.7. The second kappa shape index (κ2) is 7.23. The summed E-state index contributed by atoms with van der Waals surface area (Å²) in [7, 11) is 0. The molecular formula is C20H23N3O2. The summed E-state index contributed by atoms with van der Waals surface area (Å²) >= 11 is 0. The van der Waals surface area contributed by atoms with Gasteiger partial charge in [-0.3, -0.25) is 14.7 Å². The number of amides is 1. The minimum atomic E-state index is 0.190. The predicted octanol–water partition coefficient (Wildman–Crippen LogP) is 2.51. The van der Waals surface area contributed by atoms with E-state index in [0.717, 1.165) is 31.0 Å². The number of pyridine rings is 1. The van der Waals surface area contributed by atoms with Crippen molar-refractivity contribution in [2.24, 2.45) is 0 Å². The quantitative estimate of drug-likeness (QED) is 0.911. The summed E-state index contributed by atoms with van der Waals surface area (Å²) in [5.74, 6) is 1.04. The third kappa shape index (κ3) is 3.82. The van der Waals surface area contributed by atoms with Crippen LogP contribution in [0.15, 0.2) is 48.7 Å². The van der Waals surface area contributed by atoms with Crippen molar-refractivity contribution in [3.05, 3.63) is 59.9 Å². The number of rotatable bonds is 5. The molecule has 3 heterocycles. The molecule has 4 rings (SSSR count). The van der Waals surface area contributed by atoms with E-state index < -0.39 is 0 Å². The number of nitrogens with one attached hydrogen (secondary N) is 1. The van der Waals surface area contributed by atoms with Gasteiger partial charge in [0.15, 0.2) is 0 Å². The van der Waals surface area contributed by atoms with Gasteiger partial charge in [-0.05, 0) is 42.7 Å². The second-order valence-electron chi connectivity index (χ2n) is 6.82. The Balaban J connectivity index is 1.36. The topological polar surface area (TPSA) is 54.5 Å². The van der Waals surface area contributed by atoms with Gasteiger partial charge in [0, 0.05) is 37.8 Å². The molecule has 1 amide bonds. The number of carbonyl (C=O) groups excluding carboxylic acids is 1. The maximum atomic E-state index is 11.7. The Bertz CT molecular complexity index is 717. The standard InChI is InChI=1S/C20H23N3O2/c24-20-11-17-6-7-18(12-22-20)23(17)13-15-4-8-19(9-5-15)25-14-16-3-1-2-10-21-16/h1-5,8-10,17-18H,6-7,11-14H2,(H,22,24)/t17-,18+/m1/s1. The zero-order chi connectivity index (χ0) is 17.1. The van der Waals surface area contributed by atoms with Gasteiger partial charge in [0.2, 0.25) is 5.91 Å². The number of carbonyl (C=O) groups is 1. The summed E-state index contributed by atoms with van der Waals surface area (Å²) in [6.45, 7) is 2.15. The predicted molar refractivity (Wildman–Crippen MR) is 95.0 cm³/mol. The summed E-state index contributed by atoms with van der Waals surface area (Å²) < 4.78 is 5.79. The molecule has 2 aromatic rings. The van der Waals surface area contributed by atoms with Crippen molar-refractivity contribution in [1.82, 2.24) is 15.2 Å². The van der Waals surface area contributed by atoms with Crippen LogP contribution in [-0.2, 0) is 17.9 Å². The van der Waals surface area contributed by atoms with E-state index in [-0.39, 0.29) is 5.91 Å². The van der Waals surface area contributed by atoms with E-state index in [4.69, 9.17) is 4.74 Å². The Labute approximate surface area is 148 Å². The average molecular weight is 337 g/mol. The van der Waals surface area contributed by atoms with Crippen molar-refractivity contribution >= 4 is 5.91 Å². The lowest BCUT2D eigenvalue weighted by molar-refractivity contribution is -0.121. The molecule has 2 bridgehead atoms. The second-order valence-corrected chi connectivity index (χ2v) is 6.82. The number of fused-ring (bicyclic) bond motifs is 2. The van der Waals surface area contributed by atoms with Crippen LogP contribution in [0.2, 0.25) is 0 Å². The fourth-order valence-corrected chi connectivity index (χ4v) is 3.77. The van der Waals surface area contributed by atoms with Gasteiger partial charge in [0.1, 0.15) is 12.4 Å². The first-order valence-corrected chi connectivity index (χ1v) is 8.92. The number of aromatic nitrogens is 1. The highest BCUT2D eigenvalue weighted by atomic mass is 16.5. The van der Waals surface area contributed by atoms with Crippen LogP contribution in [0.4, 0.5) is 0 Å². The molecule has 5 nitrogen and oxygen atoms in total. The molecule has 2 saturated heterocycles. The molecule has 2 aliphatic heterocycles. The highest BCUT2D eigenvalue weighted by molar-refractivity contribution is 5.77. The fourth-order valence-electron chi connectivity index (χ4n) is 3.77. The first kappa shape index (κ1) is 16.1. The number of benzene rings is 1. The number of nitrogens with zero attached hydrogens (tertiary/aromatic N) is 2. The molecule has 0 unspecified atom stereocenters. The van der Waals surface area contributed by atoms with Crippen LogP contribution in [0.1, 0.15) is 30.5 Å². The smallest absolute Gasteiger partial charge is 0.221 e. The normalized spacial score (nSPS) is 23.1. The third-order valence-electron chi connectivity index (χ3n) is 5.13. The zero-order valence-electron chi connectivity index (χ0n) is 14.2. The maximum Gasteiger partial charge on any atom is 0.221 e. The van der Waals surface area contributed by atoms with Crippen LogP contribution in [0.3, 0.4) is 0 Å². The lowest BCUT2D eigenvalue weighted by Crippen LogP contribution is -2.37. The number of hydrogen-bond donors (Lipinski definition) is 1. The molecule has 1 aromatic heterocycles. The highest BCUT2D eigenvalue weighted by Crippen LogP contribution is 2.30. The van der Waals surface area contributed by atoms with Crippen molar-refractivity contribution in [1.29, 1.82) is 0 Å². The number of hydrogen-bond acceptors (Lipinski definition) is 4. The van der Waals surface area contributed by atoms with E-state index in [0.29, 0.717) is 25.1 Å². The lowest BCUT2D eigenvalue weighted by Gasteiger charge is -2.27. The Morgan fingerprint density at radius 3 is 2.76 bits per heavy atom. The van der Waals surface area contributed by atoms with E-state index in [1.165, 1.54) is 12.0 Å². The van der Waals surface area contributed by atoms with Gasteiger partial charge < -0.3 is 10.1 Å². The molecule has 0 aliphatic carbocycles. The summed E-state index contributed by atoms with van der Waals surface area (Å²) in [5, 5.41) is 3.03. The summed E-state index contributed by atoms with van der Waals surface area (Å²) in [6, 6.07) is 14.9. The van der Waals surface area contributed by atoms with E-state index >= 15 is 0 Å². The molecular weight excluding hydrogens is 314 g/mol. The van der Waals surface area contributed by atoms with E-state index in [1.54, 1.807) is 6.20 Å². The van der Waals surface area contributed by atoms with Gasteiger partial charge in [-0.15, -0.1) is 0 Å². The van der Waals surface area contributed by atoms with Crippen molar-refractivity contribution in [2.75, 3.05) is 6.54 Å². The van der Waals surface area contributed by atoms with Gasteiger partial charge >= 0.3 is 0 Å². The monoisotopic (exact) mass is 337 g/mol. The van der Waals surface area contributed by atoms with Gasteiger partial charge in [-0.1, -0.05) is 18.2 Å². The largest absolute Gasteiger partial charge is 0.487 e. The van der Waals surface area contributed by atoms with Crippen molar-refractivity contribution < 1.29 is 9.53 Å². The highest BCUT2D eigenvalue weighted by Gasteiger charge is 2.37.